The zero-order chi connectivity index (χ0) is 34.8. The molecule has 266 valence electrons. The molecule has 0 spiro atoms. The van der Waals surface area contributed by atoms with Crippen LogP contribution in [0.3, 0.4) is 0 Å². The van der Waals surface area contributed by atoms with E-state index in [1.165, 1.54) is 5.57 Å². The standard InChI is InChI=1S/C44H54O6/c1-34(2)17-16-18-35(3)27-28-46-44-43(49-32-39-25-14-7-15-26-39)42(48-31-38-23-12-6-13-24-38)41(47-30-37-21-10-5-11-22-37)40(50-44)33-45-29-36-19-8-4-9-20-36/h4-15,17,19-26,35,40-44H,16,18,27-33H2,1-3H3. The smallest absolute Gasteiger partial charge is 0.186 e. The Morgan fingerprint density at radius 1 is 0.580 bits per heavy atom. The van der Waals surface area contributed by atoms with E-state index in [9.17, 15) is 0 Å². The Hall–Kier alpha value is -3.62. The van der Waals surface area contributed by atoms with Crippen LogP contribution in [0.1, 0.15) is 62.3 Å². The van der Waals surface area contributed by atoms with Gasteiger partial charge in [0, 0.05) is 0 Å². The van der Waals surface area contributed by atoms with Gasteiger partial charge in [0.2, 0.25) is 0 Å². The zero-order valence-corrected chi connectivity index (χ0v) is 29.9. The third-order valence-corrected chi connectivity index (χ3v) is 8.95. The van der Waals surface area contributed by atoms with Gasteiger partial charge in [0.25, 0.3) is 0 Å². The summed E-state index contributed by atoms with van der Waals surface area (Å²) in [6.07, 6.45) is 2.74. The molecule has 50 heavy (non-hydrogen) atoms. The third kappa shape index (κ3) is 12.6. The van der Waals surface area contributed by atoms with Crippen molar-refractivity contribution in [3.8, 4) is 0 Å². The molecule has 1 aliphatic rings. The predicted octanol–water partition coefficient (Wildman–Crippen LogP) is 9.47. The van der Waals surface area contributed by atoms with Crippen LogP contribution in [0.25, 0.3) is 0 Å². The molecule has 4 aromatic carbocycles. The Labute approximate surface area is 299 Å². The van der Waals surface area contributed by atoms with Gasteiger partial charge in [-0.2, -0.15) is 0 Å². The number of allylic oxidation sites excluding steroid dienone is 2. The molecule has 1 fully saturated rings. The van der Waals surface area contributed by atoms with Gasteiger partial charge in [-0.05, 0) is 61.3 Å². The van der Waals surface area contributed by atoms with Gasteiger partial charge in [-0.3, -0.25) is 0 Å². The Bertz CT molecular complexity index is 1490. The molecule has 0 aliphatic carbocycles. The van der Waals surface area contributed by atoms with Gasteiger partial charge in [0.1, 0.15) is 24.4 Å². The van der Waals surface area contributed by atoms with Crippen molar-refractivity contribution < 1.29 is 28.4 Å². The van der Waals surface area contributed by atoms with Crippen LogP contribution in [0.2, 0.25) is 0 Å². The normalized spacial score (nSPS) is 21.1. The van der Waals surface area contributed by atoms with Crippen molar-refractivity contribution in [2.75, 3.05) is 13.2 Å². The topological polar surface area (TPSA) is 55.4 Å². The first-order chi connectivity index (χ1) is 24.5. The number of hydrogen-bond acceptors (Lipinski definition) is 6. The Kier molecular flexibility index (Phi) is 15.7. The maximum Gasteiger partial charge on any atom is 0.186 e. The number of rotatable bonds is 20. The first-order valence-corrected chi connectivity index (χ1v) is 18.0. The Morgan fingerprint density at radius 2 is 1.04 bits per heavy atom. The quantitative estimate of drug-likeness (QED) is 0.0869. The first-order valence-electron chi connectivity index (χ1n) is 18.0. The lowest BCUT2D eigenvalue weighted by Gasteiger charge is -2.46. The van der Waals surface area contributed by atoms with Crippen molar-refractivity contribution in [1.29, 1.82) is 0 Å². The Morgan fingerprint density at radius 3 is 1.54 bits per heavy atom. The summed E-state index contributed by atoms with van der Waals surface area (Å²) < 4.78 is 40.1. The van der Waals surface area contributed by atoms with Gasteiger partial charge in [0.15, 0.2) is 6.29 Å². The molecule has 6 heteroatoms. The van der Waals surface area contributed by atoms with Crippen LogP contribution in [0.4, 0.5) is 0 Å². The van der Waals surface area contributed by atoms with Crippen molar-refractivity contribution in [3.63, 3.8) is 0 Å². The molecule has 0 saturated carbocycles. The molecule has 0 aromatic heterocycles. The predicted molar refractivity (Wildman–Crippen MR) is 198 cm³/mol. The minimum absolute atomic E-state index is 0.309. The number of hydrogen-bond donors (Lipinski definition) is 0. The highest BCUT2D eigenvalue weighted by Crippen LogP contribution is 2.32. The third-order valence-electron chi connectivity index (χ3n) is 8.95. The van der Waals surface area contributed by atoms with Crippen molar-refractivity contribution in [2.45, 2.75) is 97.2 Å². The molecule has 6 nitrogen and oxygen atoms in total. The largest absolute Gasteiger partial charge is 0.374 e. The van der Waals surface area contributed by atoms with Gasteiger partial charge in [-0.15, -0.1) is 0 Å². The highest BCUT2D eigenvalue weighted by molar-refractivity contribution is 5.16. The molecular formula is C44H54O6. The summed E-state index contributed by atoms with van der Waals surface area (Å²) in [4.78, 5) is 0. The minimum atomic E-state index is -0.675. The van der Waals surface area contributed by atoms with Crippen molar-refractivity contribution in [2.24, 2.45) is 5.92 Å². The molecule has 6 atom stereocenters. The van der Waals surface area contributed by atoms with E-state index in [1.807, 2.05) is 72.8 Å². The second-order valence-corrected chi connectivity index (χ2v) is 13.5. The molecule has 1 saturated heterocycles. The molecule has 5 rings (SSSR count). The maximum absolute atomic E-state index is 6.83. The lowest BCUT2D eigenvalue weighted by molar-refractivity contribution is -0.328. The van der Waals surface area contributed by atoms with Crippen LogP contribution >= 0.6 is 0 Å². The van der Waals surface area contributed by atoms with Gasteiger partial charge in [-0.1, -0.05) is 140 Å². The molecule has 0 radical (unpaired) electrons. The fraction of sp³-hybridized carbons (Fsp3) is 0.409. The zero-order valence-electron chi connectivity index (χ0n) is 29.9. The summed E-state index contributed by atoms with van der Waals surface area (Å²) in [5.41, 5.74) is 5.66. The van der Waals surface area contributed by atoms with Crippen molar-refractivity contribution in [1.82, 2.24) is 0 Å². The van der Waals surface area contributed by atoms with Gasteiger partial charge < -0.3 is 28.4 Å². The van der Waals surface area contributed by atoms with E-state index >= 15 is 0 Å². The van der Waals surface area contributed by atoms with Crippen molar-refractivity contribution in [3.05, 3.63) is 155 Å². The van der Waals surface area contributed by atoms with Crippen LogP contribution in [0.15, 0.2) is 133 Å². The molecule has 0 N–H and O–H groups in total. The van der Waals surface area contributed by atoms with E-state index in [0.717, 1.165) is 41.5 Å². The van der Waals surface area contributed by atoms with E-state index in [2.05, 4.69) is 75.4 Å². The highest BCUT2D eigenvalue weighted by atomic mass is 16.7. The van der Waals surface area contributed by atoms with Crippen LogP contribution in [-0.2, 0) is 54.8 Å². The molecular weight excluding hydrogens is 624 g/mol. The summed E-state index contributed by atoms with van der Waals surface area (Å²) in [5, 5.41) is 0. The molecule has 6 unspecified atom stereocenters. The lowest BCUT2D eigenvalue weighted by Crippen LogP contribution is -2.61. The lowest BCUT2D eigenvalue weighted by atomic mass is 9.97. The van der Waals surface area contributed by atoms with Gasteiger partial charge in [-0.25, -0.2) is 0 Å². The van der Waals surface area contributed by atoms with Gasteiger partial charge in [0.05, 0.1) is 39.6 Å². The molecule has 0 amide bonds. The van der Waals surface area contributed by atoms with Crippen LogP contribution in [0.5, 0.6) is 0 Å². The van der Waals surface area contributed by atoms with Gasteiger partial charge >= 0.3 is 0 Å². The summed E-state index contributed by atoms with van der Waals surface area (Å²) in [7, 11) is 0. The summed E-state index contributed by atoms with van der Waals surface area (Å²) >= 11 is 0. The summed E-state index contributed by atoms with van der Waals surface area (Å²) in [6, 6.07) is 40.8. The minimum Gasteiger partial charge on any atom is -0.374 e. The second-order valence-electron chi connectivity index (χ2n) is 13.5. The van der Waals surface area contributed by atoms with Crippen LogP contribution < -0.4 is 0 Å². The number of ether oxygens (including phenoxy) is 6. The molecule has 0 bridgehead atoms. The fourth-order valence-corrected chi connectivity index (χ4v) is 6.07. The molecule has 4 aromatic rings. The summed E-state index contributed by atoms with van der Waals surface area (Å²) in [6.45, 7) is 9.09. The Balaban J connectivity index is 1.39. The molecule has 1 heterocycles. The van der Waals surface area contributed by atoms with E-state index in [4.69, 9.17) is 28.4 Å². The van der Waals surface area contributed by atoms with E-state index in [1.54, 1.807) is 0 Å². The highest BCUT2D eigenvalue weighted by Gasteiger charge is 2.49. The average Bonchev–Trinajstić information content (AvgIpc) is 3.14. The average molecular weight is 679 g/mol. The van der Waals surface area contributed by atoms with Crippen molar-refractivity contribution >= 4 is 0 Å². The van der Waals surface area contributed by atoms with Crippen LogP contribution in [0, 0.1) is 5.92 Å². The monoisotopic (exact) mass is 678 g/mol. The van der Waals surface area contributed by atoms with E-state index in [-0.39, 0.29) is 0 Å². The van der Waals surface area contributed by atoms with E-state index < -0.39 is 30.7 Å². The maximum atomic E-state index is 6.83. The van der Waals surface area contributed by atoms with E-state index in [0.29, 0.717) is 45.6 Å². The second kappa shape index (κ2) is 20.9. The first kappa shape index (κ1) is 37.6. The van der Waals surface area contributed by atoms with Crippen LogP contribution in [-0.4, -0.2) is 43.9 Å². The fourth-order valence-electron chi connectivity index (χ4n) is 6.07. The summed E-state index contributed by atoms with van der Waals surface area (Å²) in [5.74, 6) is 0.509. The molecule has 1 aliphatic heterocycles. The SMILES string of the molecule is CC(C)=CCCC(C)CCOC1OC(COCc2ccccc2)C(OCc2ccccc2)C(OCc2ccccc2)C1OCc1ccccc1. The number of benzene rings is 4.